The maximum Gasteiger partial charge on any atom is 0.137 e. The van der Waals surface area contributed by atoms with E-state index in [1.165, 1.54) is 0 Å². The predicted octanol–water partition coefficient (Wildman–Crippen LogP) is 1.22. The van der Waals surface area contributed by atoms with Gasteiger partial charge in [0.25, 0.3) is 0 Å². The smallest absolute Gasteiger partial charge is 0.137 e. The number of hydrogen-bond donors (Lipinski definition) is 1. The van der Waals surface area contributed by atoms with Gasteiger partial charge in [0.05, 0.1) is 0 Å². The van der Waals surface area contributed by atoms with Gasteiger partial charge in [0.1, 0.15) is 5.65 Å². The van der Waals surface area contributed by atoms with Crippen LogP contribution in [0.25, 0.3) is 5.65 Å². The molecular weight excluding hydrogens is 138 g/mol. The summed E-state index contributed by atoms with van der Waals surface area (Å²) in [7, 11) is 0. The van der Waals surface area contributed by atoms with E-state index in [9.17, 15) is 0 Å². The zero-order valence-corrected chi connectivity index (χ0v) is 6.28. The number of hydrogen-bond acceptors (Lipinski definition) is 2. The van der Waals surface area contributed by atoms with E-state index in [1.807, 2.05) is 35.9 Å². The molecule has 2 aromatic rings. The van der Waals surface area contributed by atoms with E-state index in [4.69, 9.17) is 5.73 Å². The first-order valence-electron chi connectivity index (χ1n) is 3.46. The Bertz CT molecular complexity index is 389. The molecule has 56 valence electrons. The Hall–Kier alpha value is -1.51. The average Bonchev–Trinajstić information content (AvgIpc) is 2.33. The number of aryl methyl sites for hydroxylation is 1. The molecule has 0 saturated carbocycles. The Kier molecular flexibility index (Phi) is 1.12. The zero-order valence-electron chi connectivity index (χ0n) is 6.28. The van der Waals surface area contributed by atoms with E-state index in [-0.39, 0.29) is 0 Å². The molecule has 2 aromatic heterocycles. The van der Waals surface area contributed by atoms with Gasteiger partial charge in [-0.05, 0) is 19.1 Å². The molecule has 0 atom stereocenters. The lowest BCUT2D eigenvalue weighted by molar-refractivity contribution is 1.11. The number of fused-ring (bicyclic) bond motifs is 1. The van der Waals surface area contributed by atoms with Crippen LogP contribution in [0.5, 0.6) is 0 Å². The van der Waals surface area contributed by atoms with Gasteiger partial charge in [0.2, 0.25) is 0 Å². The number of pyridine rings is 1. The average molecular weight is 147 g/mol. The van der Waals surface area contributed by atoms with Crippen LogP contribution in [0, 0.1) is 6.92 Å². The summed E-state index contributed by atoms with van der Waals surface area (Å²) in [6.45, 7) is 2.00. The van der Waals surface area contributed by atoms with Gasteiger partial charge >= 0.3 is 0 Å². The van der Waals surface area contributed by atoms with Crippen LogP contribution in [0.1, 0.15) is 5.69 Å². The van der Waals surface area contributed by atoms with E-state index in [2.05, 4.69) is 4.98 Å². The van der Waals surface area contributed by atoms with Crippen LogP contribution in [-0.4, -0.2) is 9.38 Å². The Balaban J connectivity index is 2.87. The fraction of sp³-hybridized carbons (Fsp3) is 0.125. The van der Waals surface area contributed by atoms with E-state index in [1.54, 1.807) is 0 Å². The summed E-state index contributed by atoms with van der Waals surface area (Å²) in [5, 5.41) is 0. The molecule has 3 nitrogen and oxygen atoms in total. The second-order valence-electron chi connectivity index (χ2n) is 2.59. The lowest BCUT2D eigenvalue weighted by atomic mass is 10.4. The van der Waals surface area contributed by atoms with Crippen LogP contribution in [0.3, 0.4) is 0 Å². The van der Waals surface area contributed by atoms with Crippen molar-refractivity contribution >= 4 is 11.3 Å². The quantitative estimate of drug-likeness (QED) is 0.609. The highest BCUT2D eigenvalue weighted by Gasteiger charge is 1.96. The Morgan fingerprint density at radius 2 is 2.27 bits per heavy atom. The zero-order chi connectivity index (χ0) is 7.84. The topological polar surface area (TPSA) is 43.3 Å². The number of nitrogens with zero attached hydrogens (tertiary/aromatic N) is 2. The van der Waals surface area contributed by atoms with Crippen molar-refractivity contribution in [2.75, 3.05) is 5.73 Å². The highest BCUT2D eigenvalue weighted by molar-refractivity contribution is 5.48. The molecule has 0 amide bonds. The summed E-state index contributed by atoms with van der Waals surface area (Å²) in [4.78, 5) is 4.17. The first-order chi connectivity index (χ1) is 5.27. The summed E-state index contributed by atoms with van der Waals surface area (Å²) in [6.07, 6.45) is 3.70. The lowest BCUT2D eigenvalue weighted by Crippen LogP contribution is -1.91. The molecule has 0 aliphatic rings. The number of nitrogen functional groups attached to an aromatic ring is 1. The van der Waals surface area contributed by atoms with Gasteiger partial charge in [-0.3, -0.25) is 0 Å². The molecule has 0 spiro atoms. The number of nitrogens with two attached hydrogens (primary N) is 1. The molecule has 2 N–H and O–H groups in total. The van der Waals surface area contributed by atoms with Gasteiger partial charge in [-0.1, -0.05) is 0 Å². The van der Waals surface area contributed by atoms with Crippen molar-refractivity contribution in [3.63, 3.8) is 0 Å². The van der Waals surface area contributed by atoms with Crippen LogP contribution in [0.2, 0.25) is 0 Å². The Labute approximate surface area is 64.5 Å². The van der Waals surface area contributed by atoms with E-state index in [0.29, 0.717) is 0 Å². The third kappa shape index (κ3) is 0.852. The minimum absolute atomic E-state index is 0.763. The lowest BCUT2D eigenvalue weighted by Gasteiger charge is -1.96. The Morgan fingerprint density at radius 3 is 3.09 bits per heavy atom. The molecule has 0 fully saturated rings. The third-order valence-electron chi connectivity index (χ3n) is 1.71. The third-order valence-corrected chi connectivity index (χ3v) is 1.71. The predicted molar refractivity (Wildman–Crippen MR) is 44.3 cm³/mol. The van der Waals surface area contributed by atoms with Crippen molar-refractivity contribution in [2.24, 2.45) is 0 Å². The first kappa shape index (κ1) is 6.22. The second-order valence-corrected chi connectivity index (χ2v) is 2.59. The molecule has 2 heterocycles. The highest BCUT2D eigenvalue weighted by atomic mass is 15.0. The molecule has 0 aromatic carbocycles. The van der Waals surface area contributed by atoms with Crippen molar-refractivity contribution in [1.29, 1.82) is 0 Å². The maximum atomic E-state index is 5.60. The van der Waals surface area contributed by atoms with Crippen LogP contribution in [0.4, 0.5) is 5.69 Å². The molecule has 3 heteroatoms. The van der Waals surface area contributed by atoms with Crippen molar-refractivity contribution in [1.82, 2.24) is 9.38 Å². The van der Waals surface area contributed by atoms with E-state index in [0.717, 1.165) is 17.0 Å². The van der Waals surface area contributed by atoms with E-state index >= 15 is 0 Å². The fourth-order valence-electron chi connectivity index (χ4n) is 1.12. The molecule has 0 aliphatic carbocycles. The fourth-order valence-corrected chi connectivity index (χ4v) is 1.12. The van der Waals surface area contributed by atoms with E-state index < -0.39 is 0 Å². The van der Waals surface area contributed by atoms with Gasteiger partial charge in [0.15, 0.2) is 0 Å². The number of anilines is 1. The summed E-state index contributed by atoms with van der Waals surface area (Å²) < 4.78 is 1.97. The van der Waals surface area contributed by atoms with Crippen LogP contribution in [-0.2, 0) is 0 Å². The SMILES string of the molecule is Cc1cnc2ccc(N)cn12. The number of imidazole rings is 1. The van der Waals surface area contributed by atoms with Crippen molar-refractivity contribution < 1.29 is 0 Å². The minimum atomic E-state index is 0.763. The Morgan fingerprint density at radius 1 is 1.45 bits per heavy atom. The highest BCUT2D eigenvalue weighted by Crippen LogP contribution is 2.08. The normalized spacial score (nSPS) is 10.6. The molecular formula is C8H9N3. The summed E-state index contributed by atoms with van der Waals surface area (Å²) in [5.74, 6) is 0. The molecule has 0 bridgehead atoms. The van der Waals surface area contributed by atoms with Crippen molar-refractivity contribution in [3.05, 3.63) is 30.2 Å². The van der Waals surface area contributed by atoms with Crippen LogP contribution >= 0.6 is 0 Å². The summed E-state index contributed by atoms with van der Waals surface area (Å²) in [5.41, 5.74) is 8.41. The van der Waals surface area contributed by atoms with Crippen molar-refractivity contribution in [3.8, 4) is 0 Å². The van der Waals surface area contributed by atoms with Crippen LogP contribution in [0.15, 0.2) is 24.5 Å². The monoisotopic (exact) mass is 147 g/mol. The standard InChI is InChI=1S/C8H9N3/c1-6-4-10-8-3-2-7(9)5-11(6)8/h2-5H,9H2,1H3. The molecule has 0 aliphatic heterocycles. The maximum absolute atomic E-state index is 5.60. The summed E-state index contributed by atoms with van der Waals surface area (Å²) in [6, 6.07) is 3.75. The second kappa shape index (κ2) is 1.99. The summed E-state index contributed by atoms with van der Waals surface area (Å²) >= 11 is 0. The number of aromatic nitrogens is 2. The largest absolute Gasteiger partial charge is 0.398 e. The molecule has 0 saturated heterocycles. The number of rotatable bonds is 0. The molecule has 11 heavy (non-hydrogen) atoms. The van der Waals surface area contributed by atoms with Crippen LogP contribution < -0.4 is 5.73 Å². The molecule has 0 unspecified atom stereocenters. The minimum Gasteiger partial charge on any atom is -0.398 e. The van der Waals surface area contributed by atoms with Gasteiger partial charge in [0, 0.05) is 23.8 Å². The van der Waals surface area contributed by atoms with Gasteiger partial charge in [-0.25, -0.2) is 4.98 Å². The van der Waals surface area contributed by atoms with Gasteiger partial charge in [-0.2, -0.15) is 0 Å². The first-order valence-corrected chi connectivity index (χ1v) is 3.46. The molecule has 2 rings (SSSR count). The van der Waals surface area contributed by atoms with Gasteiger partial charge < -0.3 is 10.1 Å². The van der Waals surface area contributed by atoms with Crippen molar-refractivity contribution in [2.45, 2.75) is 6.92 Å². The molecule has 0 radical (unpaired) electrons. The van der Waals surface area contributed by atoms with Gasteiger partial charge in [-0.15, -0.1) is 0 Å².